The number of hydrogen-bond donors (Lipinski definition) is 1. The van der Waals surface area contributed by atoms with Gasteiger partial charge in [0.25, 0.3) is 0 Å². The molecule has 0 unspecified atom stereocenters. The van der Waals surface area contributed by atoms with Crippen molar-refractivity contribution in [2.45, 2.75) is 51.4 Å². The number of carboxylic acid groups (broad SMARTS) is 1. The van der Waals surface area contributed by atoms with Crippen LogP contribution < -0.4 is 0 Å². The predicted molar refractivity (Wildman–Crippen MR) is 81.1 cm³/mol. The lowest BCUT2D eigenvalue weighted by atomic mass is 9.79. The van der Waals surface area contributed by atoms with E-state index >= 15 is 0 Å². The average Bonchev–Trinajstić information content (AvgIpc) is 3.07. The second-order valence-electron chi connectivity index (χ2n) is 6.82. The number of hydrogen-bond acceptors (Lipinski definition) is 3. The van der Waals surface area contributed by atoms with Crippen LogP contribution in [0.4, 0.5) is 0 Å². The van der Waals surface area contributed by atoms with Crippen LogP contribution in [0.15, 0.2) is 0 Å². The average molecular weight is 296 g/mol. The van der Waals surface area contributed by atoms with Crippen molar-refractivity contribution in [2.75, 3.05) is 33.2 Å². The minimum atomic E-state index is -0.774. The summed E-state index contributed by atoms with van der Waals surface area (Å²) in [6.07, 6.45) is 6.93. The minimum Gasteiger partial charge on any atom is -0.481 e. The number of nitrogens with zero attached hydrogens (tertiary/aromatic N) is 2. The quantitative estimate of drug-likeness (QED) is 0.780. The van der Waals surface area contributed by atoms with Gasteiger partial charge in [-0.05, 0) is 44.2 Å². The summed E-state index contributed by atoms with van der Waals surface area (Å²) in [5.41, 5.74) is -0.287. The summed E-state index contributed by atoms with van der Waals surface area (Å²) in [6, 6.07) is 0. The number of likely N-dealkylation sites (N-methyl/N-ethyl adjacent to an activating group) is 1. The second-order valence-corrected chi connectivity index (χ2v) is 6.82. The largest absolute Gasteiger partial charge is 0.481 e. The van der Waals surface area contributed by atoms with Gasteiger partial charge in [-0.1, -0.05) is 12.8 Å². The first-order valence-electron chi connectivity index (χ1n) is 8.19. The molecule has 5 nitrogen and oxygen atoms in total. The van der Waals surface area contributed by atoms with Crippen LogP contribution in [0.5, 0.6) is 0 Å². The molecular weight excluding hydrogens is 268 g/mol. The van der Waals surface area contributed by atoms with Gasteiger partial charge in [-0.25, -0.2) is 0 Å². The molecule has 1 saturated heterocycles. The maximum Gasteiger partial charge on any atom is 0.303 e. The van der Waals surface area contributed by atoms with Crippen LogP contribution in [-0.2, 0) is 9.59 Å². The Morgan fingerprint density at radius 3 is 2.29 bits per heavy atom. The van der Waals surface area contributed by atoms with Crippen LogP contribution in [0.1, 0.15) is 51.4 Å². The molecule has 1 aliphatic carbocycles. The van der Waals surface area contributed by atoms with Gasteiger partial charge in [-0.2, -0.15) is 0 Å². The van der Waals surface area contributed by atoms with Gasteiger partial charge in [0.2, 0.25) is 5.91 Å². The number of amides is 1. The van der Waals surface area contributed by atoms with Gasteiger partial charge in [0, 0.05) is 26.6 Å². The van der Waals surface area contributed by atoms with E-state index < -0.39 is 5.97 Å². The number of carboxylic acids is 1. The van der Waals surface area contributed by atoms with Crippen molar-refractivity contribution >= 4 is 11.9 Å². The van der Waals surface area contributed by atoms with E-state index in [2.05, 4.69) is 4.90 Å². The highest BCUT2D eigenvalue weighted by molar-refractivity contribution is 5.78. The number of likely N-dealkylation sites (tertiary alicyclic amines) is 1. The van der Waals surface area contributed by atoms with E-state index in [4.69, 9.17) is 5.11 Å². The smallest absolute Gasteiger partial charge is 0.303 e. The van der Waals surface area contributed by atoms with Crippen LogP contribution in [0, 0.1) is 5.41 Å². The standard InChI is InChI=1S/C16H28N2O3/c1-17(10-11-18-8-4-5-9-18)14(19)12-16(13-15(20)21)6-2-3-7-16/h2-13H2,1H3,(H,20,21). The number of aliphatic carboxylic acids is 1. The summed E-state index contributed by atoms with van der Waals surface area (Å²) in [6.45, 7) is 3.98. The molecule has 0 spiro atoms. The lowest BCUT2D eigenvalue weighted by molar-refractivity contribution is -0.141. The summed E-state index contributed by atoms with van der Waals surface area (Å²) in [5.74, 6) is -0.665. The second kappa shape index (κ2) is 7.25. The zero-order chi connectivity index (χ0) is 15.3. The van der Waals surface area contributed by atoms with Crippen LogP contribution in [-0.4, -0.2) is 60.0 Å². The molecule has 120 valence electrons. The summed E-state index contributed by atoms with van der Waals surface area (Å²) in [4.78, 5) is 27.7. The molecule has 2 rings (SSSR count). The highest BCUT2D eigenvalue weighted by Crippen LogP contribution is 2.44. The van der Waals surface area contributed by atoms with Gasteiger partial charge in [0.1, 0.15) is 0 Å². The summed E-state index contributed by atoms with van der Waals surface area (Å²) in [5, 5.41) is 9.11. The lowest BCUT2D eigenvalue weighted by Gasteiger charge is -2.29. The first-order chi connectivity index (χ1) is 10.0. The molecule has 0 radical (unpaired) electrons. The molecule has 0 atom stereocenters. The Kier molecular flexibility index (Phi) is 5.62. The maximum absolute atomic E-state index is 12.4. The Morgan fingerprint density at radius 2 is 1.71 bits per heavy atom. The van der Waals surface area contributed by atoms with E-state index in [1.165, 1.54) is 12.8 Å². The molecule has 0 aromatic rings. The summed E-state index contributed by atoms with van der Waals surface area (Å²) in [7, 11) is 1.85. The van der Waals surface area contributed by atoms with Crippen LogP contribution in [0.25, 0.3) is 0 Å². The number of rotatable bonds is 7. The zero-order valence-electron chi connectivity index (χ0n) is 13.1. The van der Waals surface area contributed by atoms with E-state index in [1.54, 1.807) is 4.90 Å². The van der Waals surface area contributed by atoms with Crippen molar-refractivity contribution < 1.29 is 14.7 Å². The Morgan fingerprint density at radius 1 is 1.10 bits per heavy atom. The molecule has 1 N–H and O–H groups in total. The molecule has 0 aromatic carbocycles. The van der Waals surface area contributed by atoms with E-state index in [0.29, 0.717) is 6.42 Å². The molecule has 1 amide bonds. The first kappa shape index (κ1) is 16.3. The van der Waals surface area contributed by atoms with Crippen molar-refractivity contribution in [1.29, 1.82) is 0 Å². The van der Waals surface area contributed by atoms with Gasteiger partial charge in [0.05, 0.1) is 6.42 Å². The third-order valence-corrected chi connectivity index (χ3v) is 5.09. The fourth-order valence-corrected chi connectivity index (χ4v) is 3.74. The number of carbonyl (C=O) groups excluding carboxylic acids is 1. The molecule has 2 fully saturated rings. The molecule has 5 heteroatoms. The van der Waals surface area contributed by atoms with Crippen molar-refractivity contribution in [3.05, 3.63) is 0 Å². The van der Waals surface area contributed by atoms with Crippen molar-refractivity contribution in [3.63, 3.8) is 0 Å². The maximum atomic E-state index is 12.4. The normalized spacial score (nSPS) is 21.6. The number of carbonyl (C=O) groups is 2. The van der Waals surface area contributed by atoms with E-state index in [9.17, 15) is 9.59 Å². The molecule has 1 aliphatic heterocycles. The van der Waals surface area contributed by atoms with Crippen LogP contribution in [0.3, 0.4) is 0 Å². The van der Waals surface area contributed by atoms with Gasteiger partial charge in [-0.3, -0.25) is 9.59 Å². The topological polar surface area (TPSA) is 60.9 Å². The van der Waals surface area contributed by atoms with Gasteiger partial charge in [0.15, 0.2) is 0 Å². The molecule has 1 saturated carbocycles. The van der Waals surface area contributed by atoms with Gasteiger partial charge < -0.3 is 14.9 Å². The monoisotopic (exact) mass is 296 g/mol. The lowest BCUT2D eigenvalue weighted by Crippen LogP contribution is -2.38. The molecular formula is C16H28N2O3. The van der Waals surface area contributed by atoms with Crippen LogP contribution in [0.2, 0.25) is 0 Å². The van der Waals surface area contributed by atoms with Crippen molar-refractivity contribution in [2.24, 2.45) is 5.41 Å². The fraction of sp³-hybridized carbons (Fsp3) is 0.875. The Labute approximate surface area is 127 Å². The highest BCUT2D eigenvalue weighted by Gasteiger charge is 2.38. The molecule has 1 heterocycles. The molecule has 21 heavy (non-hydrogen) atoms. The molecule has 0 bridgehead atoms. The Hall–Kier alpha value is -1.10. The highest BCUT2D eigenvalue weighted by atomic mass is 16.4. The molecule has 2 aliphatic rings. The molecule has 0 aromatic heterocycles. The van der Waals surface area contributed by atoms with Crippen molar-refractivity contribution in [3.8, 4) is 0 Å². The van der Waals surface area contributed by atoms with Crippen molar-refractivity contribution in [1.82, 2.24) is 9.80 Å². The minimum absolute atomic E-state index is 0.109. The van der Waals surface area contributed by atoms with E-state index in [0.717, 1.165) is 51.9 Å². The third kappa shape index (κ3) is 4.70. The van der Waals surface area contributed by atoms with E-state index in [-0.39, 0.29) is 17.7 Å². The fourth-order valence-electron chi connectivity index (χ4n) is 3.74. The summed E-state index contributed by atoms with van der Waals surface area (Å²) < 4.78 is 0. The van der Waals surface area contributed by atoms with E-state index in [1.807, 2.05) is 7.05 Å². The Bertz CT molecular complexity index is 372. The SMILES string of the molecule is CN(CCN1CCCC1)C(=O)CC1(CC(=O)O)CCCC1. The third-order valence-electron chi connectivity index (χ3n) is 5.09. The Balaban J connectivity index is 1.81. The predicted octanol–water partition coefficient (Wildman–Crippen LogP) is 1.97. The van der Waals surface area contributed by atoms with Gasteiger partial charge in [-0.15, -0.1) is 0 Å². The van der Waals surface area contributed by atoms with Gasteiger partial charge >= 0.3 is 5.97 Å². The van der Waals surface area contributed by atoms with Crippen LogP contribution >= 0.6 is 0 Å². The zero-order valence-corrected chi connectivity index (χ0v) is 13.1. The summed E-state index contributed by atoms with van der Waals surface area (Å²) >= 11 is 0. The first-order valence-corrected chi connectivity index (χ1v) is 8.19.